The number of halogens is 1. The second-order valence-corrected chi connectivity index (χ2v) is 9.54. The monoisotopic (exact) mass is 513 g/mol. The van der Waals surface area contributed by atoms with Crippen molar-refractivity contribution in [1.82, 2.24) is 9.80 Å². The third-order valence-electron chi connectivity index (χ3n) is 7.13. The number of anilines is 1. The fourth-order valence-electron chi connectivity index (χ4n) is 4.96. The average Bonchev–Trinajstić information content (AvgIpc) is 3.31. The topological polar surface area (TPSA) is 80.3 Å². The van der Waals surface area contributed by atoms with E-state index in [1.165, 1.54) is 7.11 Å². The van der Waals surface area contributed by atoms with Crippen LogP contribution in [0.4, 0.5) is 10.5 Å². The molecule has 3 amide bonds. The van der Waals surface area contributed by atoms with Gasteiger partial charge in [-0.25, -0.2) is 4.79 Å². The highest BCUT2D eigenvalue weighted by atomic mass is 35.5. The van der Waals surface area contributed by atoms with Gasteiger partial charge in [-0.3, -0.25) is 4.79 Å². The molecule has 4 rings (SSSR count). The standard InChI is InChI=1S/C27H32ClN3O5/c1-34-21-7-5-4-6-20(21)29-26(33)30-15-12-27(13-16-30)14-17-31(18-27)23(32)11-9-19-8-10-22(35-2)25(36-3)24(19)28/h4-11H,12-18H2,1-3H3,(H,29,33)/b11-9+. The maximum atomic E-state index is 12.9. The molecule has 2 fully saturated rings. The van der Waals surface area contributed by atoms with Gasteiger partial charge in [0.05, 0.1) is 32.0 Å². The first-order valence-electron chi connectivity index (χ1n) is 12.0. The Kier molecular flexibility index (Phi) is 7.94. The summed E-state index contributed by atoms with van der Waals surface area (Å²) in [5.74, 6) is 1.56. The number of likely N-dealkylation sites (tertiary alicyclic amines) is 2. The molecule has 9 heteroatoms. The van der Waals surface area contributed by atoms with E-state index in [2.05, 4.69) is 5.32 Å². The zero-order chi connectivity index (χ0) is 25.7. The number of nitrogens with zero attached hydrogens (tertiary/aromatic N) is 2. The normalized spacial score (nSPS) is 16.9. The Balaban J connectivity index is 1.32. The molecule has 2 aromatic rings. The van der Waals surface area contributed by atoms with Gasteiger partial charge in [0, 0.05) is 32.3 Å². The molecule has 1 spiro atoms. The van der Waals surface area contributed by atoms with Gasteiger partial charge in [0.25, 0.3) is 0 Å². The summed E-state index contributed by atoms with van der Waals surface area (Å²) < 4.78 is 15.9. The predicted octanol–water partition coefficient (Wildman–Crippen LogP) is 4.93. The van der Waals surface area contributed by atoms with Crippen LogP contribution in [0.2, 0.25) is 5.02 Å². The lowest BCUT2D eigenvalue weighted by molar-refractivity contribution is -0.125. The molecule has 0 atom stereocenters. The summed E-state index contributed by atoms with van der Waals surface area (Å²) in [7, 11) is 4.66. The zero-order valence-corrected chi connectivity index (χ0v) is 21.6. The summed E-state index contributed by atoms with van der Waals surface area (Å²) in [6, 6.07) is 10.8. The van der Waals surface area contributed by atoms with Crippen molar-refractivity contribution in [2.24, 2.45) is 5.41 Å². The molecule has 0 aliphatic carbocycles. The quantitative estimate of drug-likeness (QED) is 0.554. The van der Waals surface area contributed by atoms with Gasteiger partial charge in [0.2, 0.25) is 5.91 Å². The minimum atomic E-state index is -0.130. The SMILES string of the molecule is COc1ccccc1NC(=O)N1CCC2(CCN(C(=O)/C=C/c3ccc(OC)c(OC)c3Cl)C2)CC1. The van der Waals surface area contributed by atoms with Gasteiger partial charge in [0.1, 0.15) is 5.75 Å². The lowest BCUT2D eigenvalue weighted by Crippen LogP contribution is -2.46. The van der Waals surface area contributed by atoms with Crippen molar-refractivity contribution in [3.8, 4) is 17.2 Å². The molecule has 36 heavy (non-hydrogen) atoms. The fraction of sp³-hybridized carbons (Fsp3) is 0.407. The largest absolute Gasteiger partial charge is 0.495 e. The highest BCUT2D eigenvalue weighted by Crippen LogP contribution is 2.41. The van der Waals surface area contributed by atoms with Gasteiger partial charge in [-0.1, -0.05) is 23.7 Å². The van der Waals surface area contributed by atoms with Crippen LogP contribution < -0.4 is 19.5 Å². The van der Waals surface area contributed by atoms with Crippen LogP contribution in [0, 0.1) is 5.41 Å². The number of ether oxygens (including phenoxy) is 3. The number of carbonyl (C=O) groups excluding carboxylic acids is 2. The van der Waals surface area contributed by atoms with E-state index in [0.717, 1.165) is 19.3 Å². The summed E-state index contributed by atoms with van der Waals surface area (Å²) >= 11 is 6.43. The number of rotatable bonds is 6. The second-order valence-electron chi connectivity index (χ2n) is 9.16. The van der Waals surface area contributed by atoms with Gasteiger partial charge < -0.3 is 29.3 Å². The van der Waals surface area contributed by atoms with Gasteiger partial charge >= 0.3 is 6.03 Å². The van der Waals surface area contributed by atoms with Crippen molar-refractivity contribution in [2.75, 3.05) is 52.8 Å². The van der Waals surface area contributed by atoms with Crippen LogP contribution in [0.3, 0.4) is 0 Å². The van der Waals surface area contributed by atoms with E-state index in [1.807, 2.05) is 34.1 Å². The molecule has 2 aliphatic heterocycles. The first kappa shape index (κ1) is 25.7. The summed E-state index contributed by atoms with van der Waals surface area (Å²) in [4.78, 5) is 29.4. The van der Waals surface area contributed by atoms with Crippen LogP contribution in [-0.4, -0.2) is 69.2 Å². The maximum Gasteiger partial charge on any atom is 0.321 e. The molecule has 0 saturated carbocycles. The van der Waals surface area contributed by atoms with E-state index in [4.69, 9.17) is 25.8 Å². The number of benzene rings is 2. The fourth-order valence-corrected chi connectivity index (χ4v) is 5.25. The van der Waals surface area contributed by atoms with Crippen LogP contribution in [0.5, 0.6) is 17.2 Å². The lowest BCUT2D eigenvalue weighted by Gasteiger charge is -2.39. The number of amides is 3. The minimum Gasteiger partial charge on any atom is -0.495 e. The number of urea groups is 1. The summed E-state index contributed by atoms with van der Waals surface area (Å²) in [6.07, 6.45) is 5.93. The molecule has 2 aromatic carbocycles. The van der Waals surface area contributed by atoms with Gasteiger partial charge in [-0.15, -0.1) is 0 Å². The third kappa shape index (κ3) is 5.38. The van der Waals surface area contributed by atoms with Crippen molar-refractivity contribution in [3.63, 3.8) is 0 Å². The molecular formula is C27H32ClN3O5. The van der Waals surface area contributed by atoms with E-state index >= 15 is 0 Å². The van der Waals surface area contributed by atoms with Crippen molar-refractivity contribution in [1.29, 1.82) is 0 Å². The van der Waals surface area contributed by atoms with Gasteiger partial charge in [-0.05, 0) is 60.6 Å². The smallest absolute Gasteiger partial charge is 0.321 e. The number of methoxy groups -OCH3 is 3. The molecule has 2 aliphatic rings. The Bertz CT molecular complexity index is 1140. The third-order valence-corrected chi connectivity index (χ3v) is 7.52. The van der Waals surface area contributed by atoms with Crippen LogP contribution in [0.1, 0.15) is 24.8 Å². The molecular weight excluding hydrogens is 482 g/mol. The number of nitrogens with one attached hydrogen (secondary N) is 1. The molecule has 2 saturated heterocycles. The Hall–Kier alpha value is -3.39. The van der Waals surface area contributed by atoms with Crippen molar-refractivity contribution < 1.29 is 23.8 Å². The van der Waals surface area contributed by atoms with E-state index in [-0.39, 0.29) is 17.4 Å². The van der Waals surface area contributed by atoms with Crippen molar-refractivity contribution >= 4 is 35.3 Å². The molecule has 1 N–H and O–H groups in total. The van der Waals surface area contributed by atoms with Crippen molar-refractivity contribution in [2.45, 2.75) is 19.3 Å². The molecule has 192 valence electrons. The van der Waals surface area contributed by atoms with E-state index in [0.29, 0.717) is 59.7 Å². The molecule has 0 unspecified atom stereocenters. The Morgan fingerprint density at radius 2 is 1.58 bits per heavy atom. The summed E-state index contributed by atoms with van der Waals surface area (Å²) in [5.41, 5.74) is 1.39. The van der Waals surface area contributed by atoms with Crippen LogP contribution in [0.15, 0.2) is 42.5 Å². The summed E-state index contributed by atoms with van der Waals surface area (Å²) in [5, 5.41) is 3.35. The highest BCUT2D eigenvalue weighted by Gasteiger charge is 2.42. The van der Waals surface area contributed by atoms with E-state index in [9.17, 15) is 9.59 Å². The van der Waals surface area contributed by atoms with Crippen molar-refractivity contribution in [3.05, 3.63) is 53.1 Å². The average molecular weight is 514 g/mol. The molecule has 2 heterocycles. The zero-order valence-electron chi connectivity index (χ0n) is 20.9. The van der Waals surface area contributed by atoms with Gasteiger partial charge in [-0.2, -0.15) is 0 Å². The lowest BCUT2D eigenvalue weighted by atomic mass is 9.78. The molecule has 0 bridgehead atoms. The first-order chi connectivity index (χ1) is 17.4. The number of para-hydroxylation sites is 2. The molecule has 0 radical (unpaired) electrons. The Morgan fingerprint density at radius 3 is 2.25 bits per heavy atom. The number of hydrogen-bond donors (Lipinski definition) is 1. The molecule has 8 nitrogen and oxygen atoms in total. The Morgan fingerprint density at radius 1 is 0.917 bits per heavy atom. The van der Waals surface area contributed by atoms with Crippen LogP contribution in [-0.2, 0) is 4.79 Å². The molecule has 0 aromatic heterocycles. The summed E-state index contributed by atoms with van der Waals surface area (Å²) in [6.45, 7) is 2.70. The van der Waals surface area contributed by atoms with E-state index in [1.54, 1.807) is 38.5 Å². The number of piperidine rings is 1. The first-order valence-corrected chi connectivity index (χ1v) is 12.3. The van der Waals surface area contributed by atoms with Crippen LogP contribution >= 0.6 is 11.6 Å². The Labute approximate surface area is 216 Å². The minimum absolute atomic E-state index is 0.0472. The maximum absolute atomic E-state index is 12.9. The van der Waals surface area contributed by atoms with Gasteiger partial charge in [0.15, 0.2) is 11.5 Å². The highest BCUT2D eigenvalue weighted by molar-refractivity contribution is 6.33. The number of hydrogen-bond acceptors (Lipinski definition) is 5. The van der Waals surface area contributed by atoms with Crippen LogP contribution in [0.25, 0.3) is 6.08 Å². The number of carbonyl (C=O) groups is 2. The van der Waals surface area contributed by atoms with E-state index < -0.39 is 0 Å². The second kappa shape index (κ2) is 11.1. The predicted molar refractivity (Wildman–Crippen MR) is 140 cm³/mol.